The van der Waals surface area contributed by atoms with Crippen molar-refractivity contribution in [3.8, 4) is 0 Å². The molecule has 1 aliphatic rings. The molecule has 0 amide bonds. The van der Waals surface area contributed by atoms with Gasteiger partial charge in [-0.25, -0.2) is 4.98 Å². The Balaban J connectivity index is 1.83. The zero-order chi connectivity index (χ0) is 14.2. The van der Waals surface area contributed by atoms with Crippen molar-refractivity contribution in [3.05, 3.63) is 50.4 Å². The summed E-state index contributed by atoms with van der Waals surface area (Å²) in [5.74, 6) is 0. The highest BCUT2D eigenvalue weighted by molar-refractivity contribution is 7.11. The predicted molar refractivity (Wildman–Crippen MR) is 85.5 cm³/mol. The van der Waals surface area contributed by atoms with Crippen molar-refractivity contribution in [1.82, 2.24) is 4.98 Å². The summed E-state index contributed by atoms with van der Waals surface area (Å²) in [5, 5.41) is 1.83. The first-order valence-electron chi connectivity index (χ1n) is 7.07. The number of nitrogens with zero attached hydrogens (tertiary/aromatic N) is 1. The largest absolute Gasteiger partial charge is 0.319 e. The maximum atomic E-state index is 6.54. The van der Waals surface area contributed by atoms with Crippen LogP contribution in [0.2, 0.25) is 5.02 Å². The molecule has 3 rings (SSSR count). The van der Waals surface area contributed by atoms with Gasteiger partial charge in [0, 0.05) is 9.90 Å². The third-order valence-electron chi connectivity index (χ3n) is 3.82. The second kappa shape index (κ2) is 5.47. The van der Waals surface area contributed by atoms with E-state index < -0.39 is 5.54 Å². The number of hydrogen-bond donors (Lipinski definition) is 1. The number of rotatable bonds is 3. The van der Waals surface area contributed by atoms with E-state index in [1.54, 1.807) is 11.3 Å². The number of nitrogens with two attached hydrogens (primary N) is 1. The Hall–Kier alpha value is -0.900. The third-order valence-corrected chi connectivity index (χ3v) is 5.51. The maximum absolute atomic E-state index is 6.54. The molecule has 2 nitrogen and oxygen atoms in total. The molecule has 0 saturated heterocycles. The van der Waals surface area contributed by atoms with Gasteiger partial charge < -0.3 is 5.73 Å². The van der Waals surface area contributed by atoms with Crippen molar-refractivity contribution >= 4 is 22.9 Å². The van der Waals surface area contributed by atoms with Gasteiger partial charge in [-0.1, -0.05) is 23.7 Å². The molecule has 2 aromatic rings. The van der Waals surface area contributed by atoms with E-state index >= 15 is 0 Å². The van der Waals surface area contributed by atoms with Gasteiger partial charge in [0.15, 0.2) is 0 Å². The lowest BCUT2D eigenvalue weighted by Crippen LogP contribution is -2.35. The quantitative estimate of drug-likeness (QED) is 0.927. The summed E-state index contributed by atoms with van der Waals surface area (Å²) >= 11 is 7.73. The Morgan fingerprint density at radius 2 is 1.95 bits per heavy atom. The van der Waals surface area contributed by atoms with Crippen molar-refractivity contribution in [2.75, 3.05) is 0 Å². The molecule has 1 aromatic heterocycles. The molecule has 0 fully saturated rings. The monoisotopic (exact) mass is 306 g/mol. The van der Waals surface area contributed by atoms with Gasteiger partial charge in [-0.3, -0.25) is 0 Å². The van der Waals surface area contributed by atoms with E-state index in [1.165, 1.54) is 35.4 Å². The van der Waals surface area contributed by atoms with Gasteiger partial charge in [0.1, 0.15) is 5.01 Å². The second-order valence-corrected chi connectivity index (χ2v) is 7.34. The summed E-state index contributed by atoms with van der Waals surface area (Å²) in [7, 11) is 0. The average Bonchev–Trinajstić information content (AvgIpc) is 2.86. The van der Waals surface area contributed by atoms with Crippen LogP contribution >= 0.6 is 22.9 Å². The minimum absolute atomic E-state index is 0.407. The van der Waals surface area contributed by atoms with Gasteiger partial charge in [-0.15, -0.1) is 11.3 Å². The molecule has 0 spiro atoms. The van der Waals surface area contributed by atoms with Gasteiger partial charge in [0.2, 0.25) is 0 Å². The number of hydrogen-bond acceptors (Lipinski definition) is 3. The summed E-state index contributed by atoms with van der Waals surface area (Å²) < 4.78 is 0. The van der Waals surface area contributed by atoms with Crippen molar-refractivity contribution in [2.45, 2.75) is 44.6 Å². The third kappa shape index (κ3) is 2.90. The molecule has 1 atom stereocenters. The molecule has 4 heteroatoms. The lowest BCUT2D eigenvalue weighted by Gasteiger charge is -2.22. The Morgan fingerprint density at radius 1 is 1.25 bits per heavy atom. The van der Waals surface area contributed by atoms with E-state index in [0.29, 0.717) is 0 Å². The summed E-state index contributed by atoms with van der Waals surface area (Å²) in [6.07, 6.45) is 5.62. The lowest BCUT2D eigenvalue weighted by molar-refractivity contribution is 0.486. The van der Waals surface area contributed by atoms with Crippen LogP contribution in [0.15, 0.2) is 24.3 Å². The number of benzene rings is 1. The molecule has 0 bridgehead atoms. The summed E-state index contributed by atoms with van der Waals surface area (Å²) in [4.78, 5) is 6.25. The first kappa shape index (κ1) is 14.1. The predicted octanol–water partition coefficient (Wildman–Crippen LogP) is 4.09. The molecule has 0 saturated carbocycles. The van der Waals surface area contributed by atoms with Crippen LogP contribution in [0.5, 0.6) is 0 Å². The van der Waals surface area contributed by atoms with Gasteiger partial charge in [-0.2, -0.15) is 0 Å². The Morgan fingerprint density at radius 3 is 2.65 bits per heavy atom. The Bertz CT molecular complexity index is 578. The zero-order valence-corrected chi connectivity index (χ0v) is 13.2. The molecular weight excluding hydrogens is 288 g/mol. The molecular formula is C16H19ClN2S. The number of halogens is 1. The molecule has 1 unspecified atom stereocenters. The van der Waals surface area contributed by atoms with Gasteiger partial charge in [0.05, 0.1) is 11.2 Å². The fraction of sp³-hybridized carbons (Fsp3) is 0.438. The smallest absolute Gasteiger partial charge is 0.113 e. The van der Waals surface area contributed by atoms with Gasteiger partial charge >= 0.3 is 0 Å². The lowest BCUT2D eigenvalue weighted by atomic mass is 9.94. The van der Waals surface area contributed by atoms with Crippen molar-refractivity contribution < 1.29 is 0 Å². The van der Waals surface area contributed by atoms with E-state index in [2.05, 4.69) is 6.92 Å². The molecule has 0 aliphatic heterocycles. The van der Waals surface area contributed by atoms with Crippen LogP contribution in [0.25, 0.3) is 0 Å². The SMILES string of the molecule is CC(N)(Cc1ccc(Cl)cc1)c1nc2c(s1)CCCC2. The number of aromatic nitrogens is 1. The highest BCUT2D eigenvalue weighted by Gasteiger charge is 2.28. The minimum Gasteiger partial charge on any atom is -0.319 e. The summed E-state index contributed by atoms with van der Waals surface area (Å²) in [6.45, 7) is 2.08. The molecule has 20 heavy (non-hydrogen) atoms. The molecule has 2 N–H and O–H groups in total. The van der Waals surface area contributed by atoms with E-state index in [-0.39, 0.29) is 0 Å². The second-order valence-electron chi connectivity index (χ2n) is 5.82. The topological polar surface area (TPSA) is 38.9 Å². The Labute approximate surface area is 129 Å². The Kier molecular flexibility index (Phi) is 3.85. The maximum Gasteiger partial charge on any atom is 0.113 e. The highest BCUT2D eigenvalue weighted by atomic mass is 35.5. The normalized spacial score (nSPS) is 17.6. The summed E-state index contributed by atoms with van der Waals surface area (Å²) in [5.41, 5.74) is 8.61. The first-order valence-corrected chi connectivity index (χ1v) is 8.26. The average molecular weight is 307 g/mol. The fourth-order valence-corrected chi connectivity index (χ4v) is 4.03. The highest BCUT2D eigenvalue weighted by Crippen LogP contribution is 2.33. The van der Waals surface area contributed by atoms with Crippen LogP contribution in [-0.4, -0.2) is 4.98 Å². The van der Waals surface area contributed by atoms with Crippen LogP contribution in [0, 0.1) is 0 Å². The van der Waals surface area contributed by atoms with Crippen LogP contribution < -0.4 is 5.73 Å². The van der Waals surface area contributed by atoms with E-state index in [4.69, 9.17) is 22.3 Å². The summed E-state index contributed by atoms with van der Waals surface area (Å²) in [6, 6.07) is 7.92. The number of aryl methyl sites for hydroxylation is 2. The van der Waals surface area contributed by atoms with Gasteiger partial charge in [-0.05, 0) is 56.7 Å². The van der Waals surface area contributed by atoms with Crippen LogP contribution in [0.1, 0.15) is 40.9 Å². The fourth-order valence-electron chi connectivity index (χ4n) is 2.70. The van der Waals surface area contributed by atoms with Crippen molar-refractivity contribution in [1.29, 1.82) is 0 Å². The minimum atomic E-state index is -0.407. The molecule has 0 radical (unpaired) electrons. The van der Waals surface area contributed by atoms with E-state index in [9.17, 15) is 0 Å². The molecule has 1 aromatic carbocycles. The molecule has 1 aliphatic carbocycles. The van der Waals surface area contributed by atoms with Gasteiger partial charge in [0.25, 0.3) is 0 Å². The van der Waals surface area contributed by atoms with Crippen LogP contribution in [0.3, 0.4) is 0 Å². The van der Waals surface area contributed by atoms with E-state index in [0.717, 1.165) is 22.9 Å². The van der Waals surface area contributed by atoms with Crippen molar-refractivity contribution in [3.63, 3.8) is 0 Å². The zero-order valence-electron chi connectivity index (χ0n) is 11.7. The van der Waals surface area contributed by atoms with E-state index in [1.807, 2.05) is 24.3 Å². The molecule has 1 heterocycles. The first-order chi connectivity index (χ1) is 9.54. The van der Waals surface area contributed by atoms with Crippen LogP contribution in [0.4, 0.5) is 0 Å². The van der Waals surface area contributed by atoms with Crippen LogP contribution in [-0.2, 0) is 24.8 Å². The van der Waals surface area contributed by atoms with Crippen molar-refractivity contribution in [2.24, 2.45) is 5.73 Å². The number of fused-ring (bicyclic) bond motifs is 1. The molecule has 106 valence electrons. The standard InChI is InChI=1S/C16H19ClN2S/c1-16(18,10-11-6-8-12(17)9-7-11)15-19-13-4-2-3-5-14(13)20-15/h6-9H,2-5,10,18H2,1H3. The number of thiazole rings is 1.